The molecule has 0 unspecified atom stereocenters. The fourth-order valence-corrected chi connectivity index (χ4v) is 1.60. The van der Waals surface area contributed by atoms with E-state index in [1.165, 1.54) is 5.56 Å². The summed E-state index contributed by atoms with van der Waals surface area (Å²) >= 11 is 0. The van der Waals surface area contributed by atoms with E-state index in [9.17, 15) is 5.11 Å². The van der Waals surface area contributed by atoms with Crippen molar-refractivity contribution < 1.29 is 5.11 Å². The van der Waals surface area contributed by atoms with Crippen molar-refractivity contribution >= 4 is 12.4 Å². The van der Waals surface area contributed by atoms with Crippen LogP contribution in [0.1, 0.15) is 26.3 Å². The Morgan fingerprint density at radius 1 is 1.11 bits per heavy atom. The van der Waals surface area contributed by atoms with Gasteiger partial charge in [0, 0.05) is 6.54 Å². The van der Waals surface area contributed by atoms with E-state index in [0.29, 0.717) is 5.92 Å². The molecule has 0 aliphatic carbocycles. The Bertz CT molecular complexity index is 304. The first-order valence-electron chi connectivity index (χ1n) is 6.30. The number of aliphatic hydroxyl groups excluding tert-OH is 1. The van der Waals surface area contributed by atoms with Gasteiger partial charge >= 0.3 is 0 Å². The number of aliphatic hydroxyl groups is 1. The molecule has 0 heterocycles. The van der Waals surface area contributed by atoms with Gasteiger partial charge in [-0.1, -0.05) is 44.2 Å². The summed E-state index contributed by atoms with van der Waals surface area (Å²) in [7, 11) is 0. The van der Waals surface area contributed by atoms with Crippen LogP contribution in [0.2, 0.25) is 0 Å². The second kappa shape index (κ2) is 9.34. The highest BCUT2D eigenvalue weighted by Crippen LogP contribution is 2.05. The maximum absolute atomic E-state index is 9.74. The number of hydrazine groups is 1. The van der Waals surface area contributed by atoms with Crippen LogP contribution in [0.15, 0.2) is 30.3 Å². The van der Waals surface area contributed by atoms with Crippen LogP contribution in [0.25, 0.3) is 0 Å². The van der Waals surface area contributed by atoms with Gasteiger partial charge in [0.1, 0.15) is 0 Å². The molecule has 1 aromatic carbocycles. The van der Waals surface area contributed by atoms with E-state index >= 15 is 0 Å². The summed E-state index contributed by atoms with van der Waals surface area (Å²) < 4.78 is 0. The lowest BCUT2D eigenvalue weighted by Crippen LogP contribution is -2.48. The van der Waals surface area contributed by atoms with Crippen LogP contribution >= 0.6 is 12.4 Å². The Labute approximate surface area is 116 Å². The van der Waals surface area contributed by atoms with Crippen molar-refractivity contribution in [2.75, 3.05) is 6.54 Å². The molecule has 0 aliphatic rings. The Kier molecular flexibility index (Phi) is 9.02. The lowest BCUT2D eigenvalue weighted by Gasteiger charge is -2.22. The van der Waals surface area contributed by atoms with Crippen LogP contribution in [0.4, 0.5) is 0 Å². The lowest BCUT2D eigenvalue weighted by molar-refractivity contribution is 0.135. The molecule has 0 aliphatic heterocycles. The van der Waals surface area contributed by atoms with Crippen LogP contribution < -0.4 is 10.9 Å². The van der Waals surface area contributed by atoms with Crippen LogP contribution in [0, 0.1) is 5.92 Å². The fraction of sp³-hybridized carbons (Fsp3) is 0.571. The molecule has 0 amide bonds. The minimum absolute atomic E-state index is 0. The molecule has 0 spiro atoms. The molecule has 0 bridgehead atoms. The monoisotopic (exact) mass is 272 g/mol. The van der Waals surface area contributed by atoms with Gasteiger partial charge in [-0.25, -0.2) is 0 Å². The van der Waals surface area contributed by atoms with Gasteiger partial charge in [0.05, 0.1) is 12.1 Å². The smallest absolute Gasteiger partial charge is 0.0681 e. The van der Waals surface area contributed by atoms with Gasteiger partial charge in [0.15, 0.2) is 0 Å². The molecule has 1 aromatic rings. The molecule has 104 valence electrons. The zero-order valence-corrected chi connectivity index (χ0v) is 12.2. The van der Waals surface area contributed by atoms with E-state index in [0.717, 1.165) is 13.0 Å². The maximum Gasteiger partial charge on any atom is 0.0681 e. The first-order chi connectivity index (χ1) is 8.09. The predicted octanol–water partition coefficient (Wildman–Crippen LogP) is 2.15. The van der Waals surface area contributed by atoms with Crippen molar-refractivity contribution in [1.29, 1.82) is 0 Å². The van der Waals surface area contributed by atoms with Crippen LogP contribution in [0.3, 0.4) is 0 Å². The average molecular weight is 273 g/mol. The van der Waals surface area contributed by atoms with Crippen molar-refractivity contribution in [2.24, 2.45) is 5.92 Å². The van der Waals surface area contributed by atoms with Gasteiger partial charge < -0.3 is 5.11 Å². The molecule has 0 saturated heterocycles. The van der Waals surface area contributed by atoms with Gasteiger partial charge in [-0.2, -0.15) is 0 Å². The molecule has 0 saturated carbocycles. The van der Waals surface area contributed by atoms with Crippen LogP contribution in [0.5, 0.6) is 0 Å². The van der Waals surface area contributed by atoms with Gasteiger partial charge in [0.25, 0.3) is 0 Å². The van der Waals surface area contributed by atoms with Crippen LogP contribution in [-0.2, 0) is 6.42 Å². The number of hydrogen-bond donors (Lipinski definition) is 3. The highest BCUT2D eigenvalue weighted by molar-refractivity contribution is 5.85. The molecule has 0 fully saturated rings. The van der Waals surface area contributed by atoms with Crippen molar-refractivity contribution in [3.63, 3.8) is 0 Å². The minimum Gasteiger partial charge on any atom is -0.392 e. The molecule has 4 heteroatoms. The number of halogens is 1. The molecule has 2 atom stereocenters. The maximum atomic E-state index is 9.74. The molecular weight excluding hydrogens is 248 g/mol. The van der Waals surface area contributed by atoms with E-state index in [1.807, 2.05) is 25.1 Å². The van der Waals surface area contributed by atoms with E-state index in [-0.39, 0.29) is 24.6 Å². The second-order valence-electron chi connectivity index (χ2n) is 4.96. The van der Waals surface area contributed by atoms with Crippen molar-refractivity contribution in [3.05, 3.63) is 35.9 Å². The van der Waals surface area contributed by atoms with E-state index in [2.05, 4.69) is 36.8 Å². The average Bonchev–Trinajstić information content (AvgIpc) is 2.28. The Morgan fingerprint density at radius 3 is 2.22 bits per heavy atom. The molecule has 3 N–H and O–H groups in total. The predicted molar refractivity (Wildman–Crippen MR) is 78.8 cm³/mol. The zero-order valence-electron chi connectivity index (χ0n) is 11.4. The number of benzene rings is 1. The van der Waals surface area contributed by atoms with E-state index in [1.54, 1.807) is 0 Å². The lowest BCUT2D eigenvalue weighted by atomic mass is 10.0. The summed E-state index contributed by atoms with van der Waals surface area (Å²) in [5.74, 6) is 0.592. The summed E-state index contributed by atoms with van der Waals surface area (Å²) in [5.41, 5.74) is 7.61. The first-order valence-corrected chi connectivity index (χ1v) is 6.30. The summed E-state index contributed by atoms with van der Waals surface area (Å²) in [6.45, 7) is 7.03. The highest BCUT2D eigenvalue weighted by atomic mass is 35.5. The Hall–Kier alpha value is -0.610. The van der Waals surface area contributed by atoms with Crippen molar-refractivity contribution in [1.82, 2.24) is 10.9 Å². The van der Waals surface area contributed by atoms with Gasteiger partial charge in [-0.15, -0.1) is 12.4 Å². The highest BCUT2D eigenvalue weighted by Gasteiger charge is 2.14. The van der Waals surface area contributed by atoms with E-state index in [4.69, 9.17) is 0 Å². The topological polar surface area (TPSA) is 44.3 Å². The number of nitrogens with one attached hydrogen (secondary N) is 2. The third-order valence-electron chi connectivity index (χ3n) is 2.68. The first kappa shape index (κ1) is 17.4. The number of rotatable bonds is 7. The largest absolute Gasteiger partial charge is 0.392 e. The molecule has 0 aromatic heterocycles. The Morgan fingerprint density at radius 2 is 1.72 bits per heavy atom. The molecule has 3 nitrogen and oxygen atoms in total. The summed E-state index contributed by atoms with van der Waals surface area (Å²) in [6, 6.07) is 10.3. The van der Waals surface area contributed by atoms with E-state index < -0.39 is 0 Å². The van der Waals surface area contributed by atoms with Crippen LogP contribution in [-0.4, -0.2) is 23.8 Å². The van der Waals surface area contributed by atoms with Crippen molar-refractivity contribution in [3.8, 4) is 0 Å². The van der Waals surface area contributed by atoms with Gasteiger partial charge in [-0.3, -0.25) is 10.9 Å². The molecule has 0 radical (unpaired) electrons. The fourth-order valence-electron chi connectivity index (χ4n) is 1.60. The quantitative estimate of drug-likeness (QED) is 0.667. The third-order valence-corrected chi connectivity index (χ3v) is 2.68. The third kappa shape index (κ3) is 6.97. The minimum atomic E-state index is -0.380. The summed E-state index contributed by atoms with van der Waals surface area (Å²) in [4.78, 5) is 0. The second-order valence-corrected chi connectivity index (χ2v) is 4.96. The van der Waals surface area contributed by atoms with Gasteiger partial charge in [-0.05, 0) is 24.8 Å². The summed E-state index contributed by atoms with van der Waals surface area (Å²) in [5, 5.41) is 9.74. The molecular formula is C14H25ClN2O. The standard InChI is InChI=1S/C14H24N2O.ClH/c1-11(2)10-15-16-14(12(3)17)9-13-7-5-4-6-8-13;/h4-8,11-12,14-17H,9-10H2,1-3H3;1H/t12-,14-;/m0./s1. The Balaban J connectivity index is 0.00000289. The summed E-state index contributed by atoms with van der Waals surface area (Å²) in [6.07, 6.45) is 0.443. The molecule has 18 heavy (non-hydrogen) atoms. The SMILES string of the molecule is CC(C)CNN[C@@H](Cc1ccccc1)[C@H](C)O.Cl. The molecule has 1 rings (SSSR count). The van der Waals surface area contributed by atoms with Crippen molar-refractivity contribution in [2.45, 2.75) is 39.3 Å². The normalized spacial score (nSPS) is 14.1. The zero-order chi connectivity index (χ0) is 12.7. The van der Waals surface area contributed by atoms with Gasteiger partial charge in [0.2, 0.25) is 0 Å². The number of hydrogen-bond acceptors (Lipinski definition) is 3.